The fraction of sp³-hybridized carbons (Fsp3) is 0.333. The Morgan fingerprint density at radius 3 is 2.33 bits per heavy atom. The molecule has 0 nitrogen and oxygen atoms in total. The molecule has 0 aromatic heterocycles. The zero-order valence-electron chi connectivity index (χ0n) is 8.86. The van der Waals surface area contributed by atoms with Crippen molar-refractivity contribution in [2.75, 3.05) is 0 Å². The summed E-state index contributed by atoms with van der Waals surface area (Å²) in [5, 5.41) is 0. The largest absolute Gasteiger partial charge is 0.107 e. The molecule has 0 radical (unpaired) electrons. The van der Waals surface area contributed by atoms with Crippen molar-refractivity contribution >= 4 is 54.0 Å². The average Bonchev–Trinajstić information content (AvgIpc) is 2.47. The zero-order chi connectivity index (χ0) is 9.47. The third-order valence-corrected chi connectivity index (χ3v) is 4.43. The van der Waals surface area contributed by atoms with E-state index < -0.39 is 0 Å². The van der Waals surface area contributed by atoms with E-state index in [0.717, 1.165) is 0 Å². The van der Waals surface area contributed by atoms with Crippen LogP contribution in [-0.4, -0.2) is 0 Å². The van der Waals surface area contributed by atoms with Gasteiger partial charge in [0.1, 0.15) is 0 Å². The summed E-state index contributed by atoms with van der Waals surface area (Å²) in [6.07, 6.45) is 4.58. The van der Waals surface area contributed by atoms with Gasteiger partial charge in [0.05, 0.1) is 0 Å². The Morgan fingerprint density at radius 2 is 1.73 bits per heavy atom. The number of hydrogen-bond acceptors (Lipinski definition) is 0. The first kappa shape index (κ1) is 16.1. The van der Waals surface area contributed by atoms with Gasteiger partial charge in [-0.25, -0.2) is 0 Å². The molecule has 15 heavy (non-hydrogen) atoms. The zero-order valence-corrected chi connectivity index (χ0v) is 15.1. The van der Waals surface area contributed by atoms with E-state index in [4.69, 9.17) is 0 Å². The van der Waals surface area contributed by atoms with Gasteiger partial charge in [0.2, 0.25) is 0 Å². The molecule has 0 bridgehead atoms. The quantitative estimate of drug-likeness (QED) is 0.432. The van der Waals surface area contributed by atoms with Crippen molar-refractivity contribution in [3.05, 3.63) is 41.5 Å². The molecule has 1 unspecified atom stereocenters. The number of fused-ring (bicyclic) bond motifs is 1. The standard InChI is InChI=1S/C12H13.2HI.Ti/c1-9(2)11-8-7-10-5-3-4-6-12(10)11;;;/h3-9H,1-2H3;2*1H;. The monoisotopic (exact) mass is 461 g/mol. The Hall–Kier alpha value is 1.13. The summed E-state index contributed by atoms with van der Waals surface area (Å²) in [6, 6.07) is 8.68. The van der Waals surface area contributed by atoms with Crippen LogP contribution >= 0.6 is 48.0 Å². The molecule has 1 aliphatic carbocycles. The van der Waals surface area contributed by atoms with Crippen molar-refractivity contribution < 1.29 is 20.4 Å². The van der Waals surface area contributed by atoms with Crippen LogP contribution in [0.5, 0.6) is 0 Å². The summed E-state index contributed by atoms with van der Waals surface area (Å²) in [5.74, 6) is 0.660. The fourth-order valence-corrected chi connectivity index (χ4v) is 2.32. The third kappa shape index (κ3) is 2.88. The maximum Gasteiger partial charge on any atom is -0.107 e. The molecule has 1 atom stereocenters. The van der Waals surface area contributed by atoms with Crippen LogP contribution in [0.4, 0.5) is 0 Å². The second-order valence-corrected chi connectivity index (χ2v) is 5.24. The summed E-state index contributed by atoms with van der Waals surface area (Å²) in [4.78, 5) is 0. The normalized spacial score (nSPS) is 21.7. The van der Waals surface area contributed by atoms with Crippen molar-refractivity contribution in [2.45, 2.75) is 17.6 Å². The van der Waals surface area contributed by atoms with E-state index in [2.05, 4.69) is 70.7 Å². The molecular weight excluding hydrogens is 446 g/mol. The molecule has 0 saturated heterocycles. The second kappa shape index (κ2) is 6.17. The molecule has 0 aliphatic heterocycles. The minimum Gasteiger partial charge on any atom is -0.107 e. The number of rotatable bonds is 1. The van der Waals surface area contributed by atoms with Crippen molar-refractivity contribution in [2.24, 2.45) is 5.92 Å². The van der Waals surface area contributed by atoms with E-state index in [0.29, 0.717) is 5.92 Å². The van der Waals surface area contributed by atoms with E-state index in [9.17, 15) is 0 Å². The summed E-state index contributed by atoms with van der Waals surface area (Å²) < 4.78 is 0.247. The summed E-state index contributed by atoms with van der Waals surface area (Å²) in [7, 11) is 0. The van der Waals surface area contributed by atoms with Crippen LogP contribution in [0.25, 0.3) is 6.08 Å². The van der Waals surface area contributed by atoms with Crippen molar-refractivity contribution in [3.63, 3.8) is 0 Å². The molecule has 1 aromatic rings. The van der Waals surface area contributed by atoms with Crippen LogP contribution in [0.15, 0.2) is 30.3 Å². The molecule has 0 N–H and O–H groups in total. The van der Waals surface area contributed by atoms with E-state index in [-0.39, 0.29) is 51.7 Å². The average molecular weight is 461 g/mol. The molecule has 81 valence electrons. The molecule has 3 heteroatoms. The predicted octanol–water partition coefficient (Wildman–Crippen LogP) is 4.35. The van der Waals surface area contributed by atoms with Gasteiger partial charge >= 0.3 is 91.5 Å². The predicted molar refractivity (Wildman–Crippen MR) is 82.8 cm³/mol. The Morgan fingerprint density at radius 1 is 1.13 bits per heavy atom. The fourth-order valence-electron chi connectivity index (χ4n) is 1.83. The molecular formula is C12H15I2Ti. The van der Waals surface area contributed by atoms with Crippen molar-refractivity contribution in [1.82, 2.24) is 0 Å². The second-order valence-electron chi connectivity index (χ2n) is 3.94. The van der Waals surface area contributed by atoms with E-state index >= 15 is 0 Å². The molecule has 0 heterocycles. The molecule has 0 saturated carbocycles. The minimum atomic E-state index is 0. The molecule has 0 fully saturated rings. The van der Waals surface area contributed by atoms with Gasteiger partial charge in [0.25, 0.3) is 0 Å². The van der Waals surface area contributed by atoms with Gasteiger partial charge in [-0.05, 0) is 0 Å². The number of hydrogen-bond donors (Lipinski definition) is 0. The summed E-state index contributed by atoms with van der Waals surface area (Å²) in [6.45, 7) is 4.57. The number of halogens is 2. The summed E-state index contributed by atoms with van der Waals surface area (Å²) >= 11 is 2.32. The van der Waals surface area contributed by atoms with Crippen molar-refractivity contribution in [3.8, 4) is 0 Å². The maximum atomic E-state index is 2.34. The van der Waals surface area contributed by atoms with Crippen molar-refractivity contribution in [1.29, 1.82) is 0 Å². The molecule has 0 amide bonds. The number of allylic oxidation sites excluding steroid dienone is 1. The van der Waals surface area contributed by atoms with Crippen LogP contribution < -0.4 is 0 Å². The van der Waals surface area contributed by atoms with Gasteiger partial charge in [-0.3, -0.25) is 0 Å². The van der Waals surface area contributed by atoms with E-state index in [1.165, 1.54) is 11.1 Å². The van der Waals surface area contributed by atoms with Crippen LogP contribution in [0.3, 0.4) is 0 Å². The molecule has 0 spiro atoms. The van der Waals surface area contributed by atoms with Gasteiger partial charge in [-0.1, -0.05) is 0 Å². The van der Waals surface area contributed by atoms with E-state index in [1.807, 2.05) is 0 Å². The van der Waals surface area contributed by atoms with E-state index in [1.54, 1.807) is 0 Å². The van der Waals surface area contributed by atoms with Crippen LogP contribution in [0.2, 0.25) is 0 Å². The topological polar surface area (TPSA) is 0 Å². The van der Waals surface area contributed by atoms with Gasteiger partial charge in [0, 0.05) is 0 Å². The third-order valence-electron chi connectivity index (χ3n) is 2.84. The van der Waals surface area contributed by atoms with Gasteiger partial charge in [-0.2, -0.15) is 0 Å². The molecule has 2 rings (SSSR count). The van der Waals surface area contributed by atoms with Gasteiger partial charge in [-0.15, -0.1) is 48.0 Å². The van der Waals surface area contributed by atoms with Gasteiger partial charge in [0.15, 0.2) is 0 Å². The first-order chi connectivity index (χ1) is 6.14. The Balaban J connectivity index is 0.000000980. The molecule has 1 aliphatic rings. The Labute approximate surface area is 138 Å². The Bertz CT molecular complexity index is 360. The number of benzene rings is 1. The van der Waals surface area contributed by atoms with Gasteiger partial charge < -0.3 is 0 Å². The SMILES string of the molecule is CC(C)[C]1([Ti])C=Cc2ccccc21.I.I. The first-order valence-corrected chi connectivity index (χ1v) is 5.46. The maximum absolute atomic E-state index is 2.34. The minimum absolute atomic E-state index is 0. The summed E-state index contributed by atoms with van der Waals surface area (Å²) in [5.41, 5.74) is 2.86. The Kier molecular flexibility index (Phi) is 6.64. The van der Waals surface area contributed by atoms with Crippen LogP contribution in [0.1, 0.15) is 25.0 Å². The smallest absolute Gasteiger partial charge is 0.107 e. The molecule has 1 aromatic carbocycles. The first-order valence-electron chi connectivity index (χ1n) is 4.68. The van der Waals surface area contributed by atoms with Crippen LogP contribution in [0, 0.1) is 5.92 Å². The van der Waals surface area contributed by atoms with Crippen LogP contribution in [-0.2, 0) is 24.2 Å².